The molecule has 0 amide bonds. The third kappa shape index (κ3) is 2.14. The normalized spacial score (nSPS) is 20.5. The van der Waals surface area contributed by atoms with E-state index in [-0.39, 0.29) is 12.3 Å². The van der Waals surface area contributed by atoms with Gasteiger partial charge in [-0.1, -0.05) is 23.7 Å². The SMILES string of the molecule is FC(F)(F)C1CNN=C1c1ccc(Cl)cc1. The van der Waals surface area contributed by atoms with Crippen LogP contribution in [0.3, 0.4) is 0 Å². The lowest BCUT2D eigenvalue weighted by atomic mass is 9.97. The summed E-state index contributed by atoms with van der Waals surface area (Å²) in [5, 5.41) is 4.17. The topological polar surface area (TPSA) is 24.4 Å². The highest BCUT2D eigenvalue weighted by Gasteiger charge is 2.45. The number of benzene rings is 1. The molecule has 1 N–H and O–H groups in total. The Bertz CT molecular complexity index is 411. The number of hydrogen-bond acceptors (Lipinski definition) is 2. The molecule has 0 spiro atoms. The van der Waals surface area contributed by atoms with E-state index < -0.39 is 12.1 Å². The van der Waals surface area contributed by atoms with Gasteiger partial charge < -0.3 is 5.43 Å². The number of nitrogens with one attached hydrogen (secondary N) is 1. The van der Waals surface area contributed by atoms with Crippen LogP contribution in [-0.4, -0.2) is 18.4 Å². The molecule has 6 heteroatoms. The molecule has 2 nitrogen and oxygen atoms in total. The summed E-state index contributed by atoms with van der Waals surface area (Å²) < 4.78 is 37.9. The number of halogens is 4. The van der Waals surface area contributed by atoms with Crippen molar-refractivity contribution in [2.45, 2.75) is 6.18 Å². The zero-order chi connectivity index (χ0) is 11.8. The van der Waals surface area contributed by atoms with Crippen LogP contribution in [0.5, 0.6) is 0 Å². The summed E-state index contributed by atoms with van der Waals surface area (Å²) in [5.41, 5.74) is 2.84. The Balaban J connectivity index is 2.30. The van der Waals surface area contributed by atoms with Crippen molar-refractivity contribution in [1.29, 1.82) is 0 Å². The molecule has 1 aromatic carbocycles. The van der Waals surface area contributed by atoms with E-state index >= 15 is 0 Å². The van der Waals surface area contributed by atoms with Crippen LogP contribution in [0.2, 0.25) is 5.02 Å². The van der Waals surface area contributed by atoms with Crippen LogP contribution >= 0.6 is 11.6 Å². The molecule has 2 rings (SSSR count). The molecule has 0 radical (unpaired) electrons. The average molecular weight is 249 g/mol. The largest absolute Gasteiger partial charge is 0.399 e. The minimum absolute atomic E-state index is 0.0177. The van der Waals surface area contributed by atoms with Crippen LogP contribution < -0.4 is 5.43 Å². The lowest BCUT2D eigenvalue weighted by Crippen LogP contribution is -2.32. The fourth-order valence-electron chi connectivity index (χ4n) is 1.55. The van der Waals surface area contributed by atoms with Crippen LogP contribution in [-0.2, 0) is 0 Å². The summed E-state index contributed by atoms with van der Waals surface area (Å²) in [6, 6.07) is 6.16. The van der Waals surface area contributed by atoms with Gasteiger partial charge in [-0.15, -0.1) is 0 Å². The molecule has 1 aromatic rings. The van der Waals surface area contributed by atoms with Gasteiger partial charge in [0.05, 0.1) is 12.3 Å². The quantitative estimate of drug-likeness (QED) is 0.812. The van der Waals surface area contributed by atoms with E-state index in [9.17, 15) is 13.2 Å². The van der Waals surface area contributed by atoms with E-state index in [0.29, 0.717) is 10.6 Å². The van der Waals surface area contributed by atoms with Gasteiger partial charge in [0, 0.05) is 5.02 Å². The van der Waals surface area contributed by atoms with Crippen molar-refractivity contribution in [2.75, 3.05) is 6.54 Å². The molecule has 0 aliphatic carbocycles. The number of hydrazone groups is 1. The maximum atomic E-state index is 12.6. The summed E-state index contributed by atoms with van der Waals surface area (Å²) >= 11 is 5.67. The molecular weight excluding hydrogens is 241 g/mol. The van der Waals surface area contributed by atoms with Gasteiger partial charge >= 0.3 is 6.18 Å². The highest BCUT2D eigenvalue weighted by Crippen LogP contribution is 2.31. The van der Waals surface area contributed by atoms with Crippen molar-refractivity contribution in [2.24, 2.45) is 11.0 Å². The van der Waals surface area contributed by atoms with Gasteiger partial charge in [-0.2, -0.15) is 18.3 Å². The summed E-state index contributed by atoms with van der Waals surface area (Å²) in [6.07, 6.45) is -4.28. The molecule has 1 heterocycles. The molecule has 16 heavy (non-hydrogen) atoms. The summed E-state index contributed by atoms with van der Waals surface area (Å²) in [7, 11) is 0. The Morgan fingerprint density at radius 1 is 1.25 bits per heavy atom. The summed E-state index contributed by atoms with van der Waals surface area (Å²) in [6.45, 7) is -0.207. The molecule has 0 saturated heterocycles. The van der Waals surface area contributed by atoms with E-state index in [1.165, 1.54) is 12.1 Å². The van der Waals surface area contributed by atoms with E-state index in [1.807, 2.05) is 0 Å². The molecule has 1 atom stereocenters. The van der Waals surface area contributed by atoms with Crippen molar-refractivity contribution in [1.82, 2.24) is 5.43 Å². The van der Waals surface area contributed by atoms with Crippen molar-refractivity contribution in [3.05, 3.63) is 34.9 Å². The maximum Gasteiger partial charge on any atom is 0.399 e. The van der Waals surface area contributed by atoms with Crippen molar-refractivity contribution in [3.8, 4) is 0 Å². The first-order chi connectivity index (χ1) is 7.48. The first kappa shape index (κ1) is 11.3. The second-order valence-electron chi connectivity index (χ2n) is 3.46. The minimum Gasteiger partial charge on any atom is -0.309 e. The molecule has 1 aliphatic rings. The van der Waals surface area contributed by atoms with Gasteiger partial charge in [0.25, 0.3) is 0 Å². The Kier molecular flexibility index (Phi) is 2.80. The zero-order valence-electron chi connectivity index (χ0n) is 8.05. The third-order valence-electron chi connectivity index (χ3n) is 2.36. The monoisotopic (exact) mass is 248 g/mol. The van der Waals surface area contributed by atoms with Gasteiger partial charge in [-0.3, -0.25) is 0 Å². The second kappa shape index (κ2) is 3.97. The standard InChI is InChI=1S/C10H8ClF3N2/c11-7-3-1-6(2-4-7)9-8(5-15-16-9)10(12,13)14/h1-4,8,15H,5H2. The number of rotatable bonds is 1. The predicted molar refractivity (Wildman–Crippen MR) is 55.5 cm³/mol. The van der Waals surface area contributed by atoms with E-state index in [1.54, 1.807) is 12.1 Å². The van der Waals surface area contributed by atoms with Crippen LogP contribution in [0.4, 0.5) is 13.2 Å². The molecule has 0 aromatic heterocycles. The summed E-state index contributed by atoms with van der Waals surface area (Å²) in [5.74, 6) is -1.55. The Morgan fingerprint density at radius 3 is 2.44 bits per heavy atom. The molecule has 1 aliphatic heterocycles. The van der Waals surface area contributed by atoms with Gasteiger partial charge in [0.2, 0.25) is 0 Å². The molecule has 0 fully saturated rings. The van der Waals surface area contributed by atoms with Crippen LogP contribution in [0, 0.1) is 5.92 Å². The highest BCUT2D eigenvalue weighted by atomic mass is 35.5. The zero-order valence-corrected chi connectivity index (χ0v) is 8.81. The number of alkyl halides is 3. The summed E-state index contributed by atoms with van der Waals surface area (Å²) in [4.78, 5) is 0. The van der Waals surface area contributed by atoms with E-state index in [0.717, 1.165) is 0 Å². The lowest BCUT2D eigenvalue weighted by molar-refractivity contribution is -0.152. The first-order valence-electron chi connectivity index (χ1n) is 4.61. The Morgan fingerprint density at radius 2 is 1.88 bits per heavy atom. The van der Waals surface area contributed by atoms with Gasteiger partial charge in [0.15, 0.2) is 0 Å². The van der Waals surface area contributed by atoms with Gasteiger partial charge in [-0.05, 0) is 17.7 Å². The second-order valence-corrected chi connectivity index (χ2v) is 3.90. The van der Waals surface area contributed by atoms with Crippen molar-refractivity contribution < 1.29 is 13.2 Å². The van der Waals surface area contributed by atoms with Crippen LogP contribution in [0.1, 0.15) is 5.56 Å². The lowest BCUT2D eigenvalue weighted by Gasteiger charge is -2.15. The van der Waals surface area contributed by atoms with Crippen LogP contribution in [0.25, 0.3) is 0 Å². The van der Waals surface area contributed by atoms with Crippen molar-refractivity contribution in [3.63, 3.8) is 0 Å². The average Bonchev–Trinajstić information content (AvgIpc) is 2.66. The number of hydrogen-bond donors (Lipinski definition) is 1. The fourth-order valence-corrected chi connectivity index (χ4v) is 1.68. The Labute approximate surface area is 95.1 Å². The Hall–Kier alpha value is -1.23. The van der Waals surface area contributed by atoms with Gasteiger partial charge in [0.1, 0.15) is 5.92 Å². The molecule has 0 saturated carbocycles. The van der Waals surface area contributed by atoms with E-state index in [2.05, 4.69) is 10.5 Å². The minimum atomic E-state index is -4.28. The fraction of sp³-hybridized carbons (Fsp3) is 0.300. The smallest absolute Gasteiger partial charge is 0.309 e. The highest BCUT2D eigenvalue weighted by molar-refractivity contribution is 6.30. The molecule has 86 valence electrons. The van der Waals surface area contributed by atoms with Gasteiger partial charge in [-0.25, -0.2) is 0 Å². The molecular formula is C10H8ClF3N2. The third-order valence-corrected chi connectivity index (χ3v) is 2.61. The first-order valence-corrected chi connectivity index (χ1v) is 4.99. The maximum absolute atomic E-state index is 12.6. The van der Waals surface area contributed by atoms with Crippen LogP contribution in [0.15, 0.2) is 29.4 Å². The van der Waals surface area contributed by atoms with Crippen molar-refractivity contribution >= 4 is 17.3 Å². The number of nitrogens with zero attached hydrogens (tertiary/aromatic N) is 1. The molecule has 1 unspecified atom stereocenters. The predicted octanol–water partition coefficient (Wildman–Crippen LogP) is 2.83. The molecule has 0 bridgehead atoms. The van der Waals surface area contributed by atoms with E-state index in [4.69, 9.17) is 11.6 Å².